The van der Waals surface area contributed by atoms with Crippen molar-refractivity contribution in [2.75, 3.05) is 11.7 Å². The fraction of sp³-hybridized carbons (Fsp3) is 0.364. The Morgan fingerprint density at radius 3 is 2.60 bits per heavy atom. The van der Waals surface area contributed by atoms with Crippen molar-refractivity contribution in [3.05, 3.63) is 30.3 Å². The molecule has 0 aliphatic rings. The number of urea groups is 1. The minimum atomic E-state index is -0.600. The van der Waals surface area contributed by atoms with Crippen LogP contribution in [0.2, 0.25) is 0 Å². The molecule has 0 saturated heterocycles. The Morgan fingerprint density at radius 1 is 1.40 bits per heavy atom. The molecule has 4 nitrogen and oxygen atoms in total. The third kappa shape index (κ3) is 3.59. The van der Waals surface area contributed by atoms with E-state index in [9.17, 15) is 4.79 Å². The monoisotopic (exact) mass is 208 g/mol. The van der Waals surface area contributed by atoms with Crippen molar-refractivity contribution in [2.45, 2.75) is 19.8 Å². The summed E-state index contributed by atoms with van der Waals surface area (Å²) in [7, 11) is 0. The molecule has 0 atom stereocenters. The Balaban J connectivity index is 2.62. The first-order chi connectivity index (χ1) is 7.25. The van der Waals surface area contributed by atoms with Crippen molar-refractivity contribution < 1.29 is 9.63 Å². The second-order valence-corrected chi connectivity index (χ2v) is 3.15. The number of para-hydroxylation sites is 1. The zero-order valence-corrected chi connectivity index (χ0v) is 8.85. The highest BCUT2D eigenvalue weighted by Gasteiger charge is 2.11. The lowest BCUT2D eigenvalue weighted by molar-refractivity contribution is 0.117. The molecule has 0 unspecified atom stereocenters. The third-order valence-electron chi connectivity index (χ3n) is 1.91. The topological polar surface area (TPSA) is 55.6 Å². The second-order valence-electron chi connectivity index (χ2n) is 3.15. The van der Waals surface area contributed by atoms with Crippen LogP contribution in [0.25, 0.3) is 0 Å². The van der Waals surface area contributed by atoms with E-state index < -0.39 is 6.03 Å². The molecule has 1 aromatic carbocycles. The van der Waals surface area contributed by atoms with Crippen molar-refractivity contribution >= 4 is 11.7 Å². The van der Waals surface area contributed by atoms with Crippen molar-refractivity contribution in [3.8, 4) is 0 Å². The zero-order valence-electron chi connectivity index (χ0n) is 8.85. The molecule has 2 N–H and O–H groups in total. The summed E-state index contributed by atoms with van der Waals surface area (Å²) in [6.45, 7) is 2.55. The van der Waals surface area contributed by atoms with Crippen molar-refractivity contribution in [3.63, 3.8) is 0 Å². The Morgan fingerprint density at radius 2 is 2.07 bits per heavy atom. The highest BCUT2D eigenvalue weighted by Crippen LogP contribution is 2.13. The van der Waals surface area contributed by atoms with E-state index in [4.69, 9.17) is 10.6 Å². The maximum absolute atomic E-state index is 11.1. The molecular weight excluding hydrogens is 192 g/mol. The number of rotatable bonds is 5. The molecule has 1 aromatic rings. The lowest BCUT2D eigenvalue weighted by Gasteiger charge is -2.19. The van der Waals surface area contributed by atoms with Crippen LogP contribution in [-0.4, -0.2) is 12.6 Å². The molecular formula is C11H16N2O2. The number of benzene rings is 1. The largest absolute Gasteiger partial charge is 0.349 e. The van der Waals surface area contributed by atoms with Gasteiger partial charge in [-0.1, -0.05) is 31.5 Å². The smallest absolute Gasteiger partial charge is 0.343 e. The summed E-state index contributed by atoms with van der Waals surface area (Å²) in [6.07, 6.45) is 1.91. The summed E-state index contributed by atoms with van der Waals surface area (Å²) in [5.74, 6) is 0. The molecule has 2 amide bonds. The van der Waals surface area contributed by atoms with Gasteiger partial charge in [0.1, 0.15) is 0 Å². The Bertz CT molecular complexity index is 301. The predicted molar refractivity (Wildman–Crippen MR) is 59.4 cm³/mol. The lowest BCUT2D eigenvalue weighted by Crippen LogP contribution is -2.36. The predicted octanol–water partition coefficient (Wildman–Crippen LogP) is 2.30. The van der Waals surface area contributed by atoms with Crippen molar-refractivity contribution in [1.29, 1.82) is 0 Å². The summed E-state index contributed by atoms with van der Waals surface area (Å²) >= 11 is 0. The Kier molecular flexibility index (Phi) is 4.63. The molecule has 82 valence electrons. The summed E-state index contributed by atoms with van der Waals surface area (Å²) in [5.41, 5.74) is 5.87. The van der Waals surface area contributed by atoms with Gasteiger partial charge in [0.25, 0.3) is 0 Å². The van der Waals surface area contributed by atoms with Crippen molar-refractivity contribution in [2.24, 2.45) is 5.73 Å². The summed E-state index contributed by atoms with van der Waals surface area (Å²) in [5, 5.41) is 1.12. The van der Waals surface area contributed by atoms with Gasteiger partial charge in [0, 0.05) is 0 Å². The van der Waals surface area contributed by atoms with E-state index in [1.54, 1.807) is 12.1 Å². The molecule has 0 aromatic heterocycles. The molecule has 0 aliphatic carbocycles. The minimum Gasteiger partial charge on any atom is -0.349 e. The van der Waals surface area contributed by atoms with Crippen LogP contribution >= 0.6 is 0 Å². The molecule has 0 heterocycles. The van der Waals surface area contributed by atoms with Crippen LogP contribution < -0.4 is 10.8 Å². The molecule has 0 saturated carbocycles. The number of primary amides is 1. The molecule has 0 bridgehead atoms. The van der Waals surface area contributed by atoms with Gasteiger partial charge < -0.3 is 5.73 Å². The van der Waals surface area contributed by atoms with Crippen LogP contribution in [0.1, 0.15) is 19.8 Å². The van der Waals surface area contributed by atoms with Gasteiger partial charge in [0.2, 0.25) is 0 Å². The molecule has 0 spiro atoms. The van der Waals surface area contributed by atoms with Crippen LogP contribution in [0, 0.1) is 0 Å². The molecule has 1 rings (SSSR count). The fourth-order valence-electron chi connectivity index (χ4n) is 1.13. The van der Waals surface area contributed by atoms with Gasteiger partial charge in [-0.3, -0.25) is 4.84 Å². The van der Waals surface area contributed by atoms with Gasteiger partial charge in [-0.05, 0) is 18.6 Å². The van der Waals surface area contributed by atoms with Crippen LogP contribution in [0.4, 0.5) is 10.5 Å². The third-order valence-corrected chi connectivity index (χ3v) is 1.91. The number of nitrogens with zero attached hydrogens (tertiary/aromatic N) is 1. The minimum absolute atomic E-state index is 0.494. The first-order valence-corrected chi connectivity index (χ1v) is 5.03. The lowest BCUT2D eigenvalue weighted by atomic mass is 10.3. The summed E-state index contributed by atoms with van der Waals surface area (Å²) < 4.78 is 0. The van der Waals surface area contributed by atoms with Gasteiger partial charge in [0.05, 0.1) is 12.3 Å². The number of carbonyl (C=O) groups excluding carboxylic acids is 1. The highest BCUT2D eigenvalue weighted by molar-refractivity contribution is 5.88. The standard InChI is InChI=1S/C11H16N2O2/c1-2-3-9-15-13(11(12)14)10-7-5-4-6-8-10/h4-8H,2-3,9H2,1H3,(H2,12,14). The number of hydrogen-bond donors (Lipinski definition) is 1. The second kappa shape index (κ2) is 6.03. The molecule has 0 fully saturated rings. The summed E-state index contributed by atoms with van der Waals surface area (Å²) in [6, 6.07) is 8.47. The van der Waals surface area contributed by atoms with Crippen LogP contribution in [0.3, 0.4) is 0 Å². The molecule has 4 heteroatoms. The average Bonchev–Trinajstić information content (AvgIpc) is 2.25. The van der Waals surface area contributed by atoms with Crippen molar-refractivity contribution in [1.82, 2.24) is 0 Å². The van der Waals surface area contributed by atoms with E-state index >= 15 is 0 Å². The van der Waals surface area contributed by atoms with Gasteiger partial charge in [-0.15, -0.1) is 0 Å². The van der Waals surface area contributed by atoms with Gasteiger partial charge in [-0.2, -0.15) is 5.06 Å². The van der Waals surface area contributed by atoms with E-state index in [-0.39, 0.29) is 0 Å². The Labute approximate surface area is 89.6 Å². The number of hydroxylamine groups is 1. The molecule has 15 heavy (non-hydrogen) atoms. The zero-order chi connectivity index (χ0) is 11.1. The molecule has 0 aliphatic heterocycles. The maximum Gasteiger partial charge on any atom is 0.343 e. The maximum atomic E-state index is 11.1. The van der Waals surface area contributed by atoms with E-state index in [1.807, 2.05) is 18.2 Å². The first kappa shape index (κ1) is 11.5. The normalized spacial score (nSPS) is 9.93. The van der Waals surface area contributed by atoms with E-state index in [0.29, 0.717) is 12.3 Å². The SMILES string of the molecule is CCCCON(C(N)=O)c1ccccc1. The van der Waals surface area contributed by atoms with Gasteiger partial charge in [0.15, 0.2) is 0 Å². The quantitative estimate of drug-likeness (QED) is 0.596. The first-order valence-electron chi connectivity index (χ1n) is 5.03. The highest BCUT2D eigenvalue weighted by atomic mass is 16.7. The van der Waals surface area contributed by atoms with E-state index in [1.165, 1.54) is 0 Å². The van der Waals surface area contributed by atoms with Gasteiger partial charge in [-0.25, -0.2) is 4.79 Å². The fourth-order valence-corrected chi connectivity index (χ4v) is 1.13. The van der Waals surface area contributed by atoms with Crippen LogP contribution in [0.15, 0.2) is 30.3 Å². The number of unbranched alkanes of at least 4 members (excludes halogenated alkanes) is 1. The summed E-state index contributed by atoms with van der Waals surface area (Å²) in [4.78, 5) is 16.4. The van der Waals surface area contributed by atoms with Crippen LogP contribution in [-0.2, 0) is 4.84 Å². The van der Waals surface area contributed by atoms with E-state index in [0.717, 1.165) is 17.9 Å². The number of anilines is 1. The Hall–Kier alpha value is -1.55. The number of amides is 2. The van der Waals surface area contributed by atoms with Crippen LogP contribution in [0.5, 0.6) is 0 Å². The average molecular weight is 208 g/mol. The number of carbonyl (C=O) groups is 1. The van der Waals surface area contributed by atoms with Gasteiger partial charge >= 0.3 is 6.03 Å². The molecule has 0 radical (unpaired) electrons. The number of nitrogens with two attached hydrogens (primary N) is 1. The van der Waals surface area contributed by atoms with E-state index in [2.05, 4.69) is 6.92 Å². The number of hydrogen-bond acceptors (Lipinski definition) is 2.